The highest BCUT2D eigenvalue weighted by molar-refractivity contribution is 6.20. The summed E-state index contributed by atoms with van der Waals surface area (Å²) in [6, 6.07) is 18.3. The molecule has 5 rings (SSSR count). The van der Waals surface area contributed by atoms with E-state index in [0.29, 0.717) is 12.6 Å². The summed E-state index contributed by atoms with van der Waals surface area (Å²) in [7, 11) is 0. The van der Waals surface area contributed by atoms with Crippen molar-refractivity contribution in [3.8, 4) is 0 Å². The number of carbonyl (C=O) groups is 1. The summed E-state index contributed by atoms with van der Waals surface area (Å²) >= 11 is 0. The van der Waals surface area contributed by atoms with Gasteiger partial charge in [-0.25, -0.2) is 4.99 Å². The number of amides is 1. The molecule has 4 N–H and O–H groups in total. The number of likely N-dealkylation sites (tertiary alicyclic amines) is 1. The number of para-hydroxylation sites is 1. The number of aliphatic imine (C=N–C) groups is 3. The number of guanidine groups is 1. The second kappa shape index (κ2) is 12.9. The van der Waals surface area contributed by atoms with E-state index in [1.54, 1.807) is 0 Å². The summed E-state index contributed by atoms with van der Waals surface area (Å²) < 4.78 is 0. The first-order valence-corrected chi connectivity index (χ1v) is 14.2. The van der Waals surface area contributed by atoms with Crippen LogP contribution >= 0.6 is 0 Å². The van der Waals surface area contributed by atoms with E-state index in [9.17, 15) is 4.79 Å². The van der Waals surface area contributed by atoms with Gasteiger partial charge in [0.1, 0.15) is 18.5 Å². The Morgan fingerprint density at radius 1 is 1.00 bits per heavy atom. The number of nitrogens with zero attached hydrogens (tertiary/aromatic N) is 5. The van der Waals surface area contributed by atoms with Crippen molar-refractivity contribution in [2.45, 2.75) is 70.0 Å². The maximum atomic E-state index is 12.8. The van der Waals surface area contributed by atoms with Gasteiger partial charge in [-0.3, -0.25) is 14.7 Å². The lowest BCUT2D eigenvalue weighted by Gasteiger charge is -2.27. The minimum Gasteiger partial charge on any atom is -0.366 e. The average molecular weight is 529 g/mol. The predicted molar refractivity (Wildman–Crippen MR) is 160 cm³/mol. The zero-order chi connectivity index (χ0) is 27.0. The molecule has 2 aromatic rings. The molecule has 0 radical (unpaired) electrons. The van der Waals surface area contributed by atoms with E-state index in [4.69, 9.17) is 15.7 Å². The largest absolute Gasteiger partial charge is 0.366 e. The quantitative estimate of drug-likeness (QED) is 0.384. The van der Waals surface area contributed by atoms with E-state index in [2.05, 4.69) is 15.6 Å². The maximum absolute atomic E-state index is 12.8. The summed E-state index contributed by atoms with van der Waals surface area (Å²) in [5, 5.41) is 6.93. The fourth-order valence-electron chi connectivity index (χ4n) is 5.31. The molecule has 3 aliphatic rings. The molecule has 9 heteroatoms. The molecule has 2 aliphatic heterocycles. The Kier molecular flexibility index (Phi) is 8.88. The number of hydrogen-bond acceptors (Lipinski definition) is 5. The van der Waals surface area contributed by atoms with Crippen molar-refractivity contribution in [3.63, 3.8) is 0 Å². The lowest BCUT2D eigenvalue weighted by Crippen LogP contribution is -2.41. The molecule has 1 unspecified atom stereocenters. The third kappa shape index (κ3) is 7.03. The lowest BCUT2D eigenvalue weighted by atomic mass is 9.92. The molecular formula is C30H40N8O. The molecule has 1 saturated carbocycles. The summed E-state index contributed by atoms with van der Waals surface area (Å²) in [5.74, 6) is 1.54. The van der Waals surface area contributed by atoms with Crippen LogP contribution in [0.15, 0.2) is 69.6 Å². The molecule has 2 heterocycles. The van der Waals surface area contributed by atoms with Gasteiger partial charge in [-0.05, 0) is 88.3 Å². The molecule has 39 heavy (non-hydrogen) atoms. The van der Waals surface area contributed by atoms with Gasteiger partial charge in [0.2, 0.25) is 5.96 Å². The molecule has 0 spiro atoms. The van der Waals surface area contributed by atoms with Crippen molar-refractivity contribution in [1.29, 1.82) is 0 Å². The van der Waals surface area contributed by atoms with Crippen molar-refractivity contribution in [2.24, 2.45) is 20.7 Å². The fourth-order valence-corrected chi connectivity index (χ4v) is 5.31. The van der Waals surface area contributed by atoms with Gasteiger partial charge >= 0.3 is 0 Å². The van der Waals surface area contributed by atoms with Crippen molar-refractivity contribution >= 4 is 35.4 Å². The van der Waals surface area contributed by atoms with Crippen LogP contribution < -0.4 is 21.3 Å². The van der Waals surface area contributed by atoms with Crippen LogP contribution in [0.25, 0.3) is 0 Å². The first kappa shape index (κ1) is 26.9. The number of nitrogens with one attached hydrogen (secondary N) is 2. The van der Waals surface area contributed by atoms with Gasteiger partial charge in [0.05, 0.1) is 6.34 Å². The van der Waals surface area contributed by atoms with Crippen LogP contribution in [0.2, 0.25) is 0 Å². The number of anilines is 2. The standard InChI is InChI=1S/C30H40N8O/c1-22-28(38(21-34-22)27-8-4-2-5-9-27)36-30(35-26-16-12-24(31)13-17-26)33-20-32-25-14-10-23(11-15-25)29(39)37-18-6-3-7-19-37/h2,4-5,8-11,14-15,21-22,24,26,32H,3,6-7,12-13,16-20,31H2,1H3,(H,33,35). The average Bonchev–Trinajstić information content (AvgIpc) is 3.34. The first-order valence-electron chi connectivity index (χ1n) is 14.2. The SMILES string of the molecule is CC1N=CN(c2ccccc2)C1=NC(=NCNc1ccc(C(=O)N2CCCCC2)cc1)NC1CCC(N)CC1. The Morgan fingerprint density at radius 2 is 1.72 bits per heavy atom. The van der Waals surface area contributed by atoms with Gasteiger partial charge in [-0.1, -0.05) is 18.2 Å². The lowest BCUT2D eigenvalue weighted by molar-refractivity contribution is 0.0724. The van der Waals surface area contributed by atoms with E-state index in [1.807, 2.05) is 77.7 Å². The van der Waals surface area contributed by atoms with Crippen LogP contribution in [0, 0.1) is 0 Å². The predicted octanol–water partition coefficient (Wildman–Crippen LogP) is 4.23. The second-order valence-electron chi connectivity index (χ2n) is 10.6. The maximum Gasteiger partial charge on any atom is 0.253 e. The smallest absolute Gasteiger partial charge is 0.253 e. The zero-order valence-corrected chi connectivity index (χ0v) is 22.8. The van der Waals surface area contributed by atoms with E-state index in [-0.39, 0.29) is 24.0 Å². The van der Waals surface area contributed by atoms with Gasteiger partial charge in [0.15, 0.2) is 0 Å². The van der Waals surface area contributed by atoms with Gasteiger partial charge in [0.25, 0.3) is 5.91 Å². The van der Waals surface area contributed by atoms with Gasteiger partial charge < -0.3 is 21.3 Å². The molecule has 0 bridgehead atoms. The van der Waals surface area contributed by atoms with Crippen molar-refractivity contribution < 1.29 is 4.79 Å². The van der Waals surface area contributed by atoms with Crippen molar-refractivity contribution in [3.05, 3.63) is 60.2 Å². The minimum atomic E-state index is -0.0741. The fraction of sp³-hybridized carbons (Fsp3) is 0.467. The topological polar surface area (TPSA) is 111 Å². The molecule has 2 fully saturated rings. The normalized spacial score (nSPS) is 24.7. The third-order valence-electron chi connectivity index (χ3n) is 7.67. The van der Waals surface area contributed by atoms with Crippen LogP contribution in [0.3, 0.4) is 0 Å². The van der Waals surface area contributed by atoms with E-state index < -0.39 is 0 Å². The summed E-state index contributed by atoms with van der Waals surface area (Å²) in [6.07, 6.45) is 9.22. The number of nitrogens with two attached hydrogens (primary N) is 1. The molecule has 1 amide bonds. The van der Waals surface area contributed by atoms with Crippen molar-refractivity contribution in [1.82, 2.24) is 10.2 Å². The molecule has 206 valence electrons. The molecule has 9 nitrogen and oxygen atoms in total. The van der Waals surface area contributed by atoms with Crippen LogP contribution in [0.1, 0.15) is 62.2 Å². The Balaban J connectivity index is 1.28. The Labute approximate surface area is 231 Å². The van der Waals surface area contributed by atoms with Crippen LogP contribution in [0.4, 0.5) is 11.4 Å². The number of rotatable bonds is 6. The van der Waals surface area contributed by atoms with Gasteiger partial charge in [-0.15, -0.1) is 0 Å². The number of hydrogen-bond donors (Lipinski definition) is 3. The number of carbonyl (C=O) groups excluding carboxylic acids is 1. The van der Waals surface area contributed by atoms with Crippen LogP contribution in [0.5, 0.6) is 0 Å². The monoisotopic (exact) mass is 528 g/mol. The zero-order valence-electron chi connectivity index (χ0n) is 22.8. The molecule has 0 aromatic heterocycles. The summed E-state index contributed by atoms with van der Waals surface area (Å²) in [5.41, 5.74) is 8.79. The van der Waals surface area contributed by atoms with Gasteiger partial charge in [-0.2, -0.15) is 4.99 Å². The van der Waals surface area contributed by atoms with Gasteiger partial charge in [0, 0.05) is 42.1 Å². The number of benzene rings is 2. The van der Waals surface area contributed by atoms with Crippen molar-refractivity contribution in [2.75, 3.05) is 30.0 Å². The number of piperidine rings is 1. The first-order chi connectivity index (χ1) is 19.1. The van der Waals surface area contributed by atoms with E-state index in [0.717, 1.165) is 74.4 Å². The third-order valence-corrected chi connectivity index (χ3v) is 7.67. The molecule has 2 aromatic carbocycles. The highest BCUT2D eigenvalue weighted by Crippen LogP contribution is 2.20. The highest BCUT2D eigenvalue weighted by atomic mass is 16.2. The second-order valence-corrected chi connectivity index (χ2v) is 10.6. The molecule has 1 atom stereocenters. The summed E-state index contributed by atoms with van der Waals surface area (Å²) in [6.45, 7) is 4.10. The molecular weight excluding hydrogens is 488 g/mol. The van der Waals surface area contributed by atoms with E-state index in [1.165, 1.54) is 6.42 Å². The molecule has 1 saturated heterocycles. The van der Waals surface area contributed by atoms with E-state index >= 15 is 0 Å². The Hall–Kier alpha value is -3.72. The minimum absolute atomic E-state index is 0.0741. The van der Waals surface area contributed by atoms with Crippen LogP contribution in [-0.4, -0.2) is 66.8 Å². The molecule has 1 aliphatic carbocycles. The number of amidine groups is 1. The summed E-state index contributed by atoms with van der Waals surface area (Å²) in [4.78, 5) is 31.1. The Morgan fingerprint density at radius 3 is 2.44 bits per heavy atom. The highest BCUT2D eigenvalue weighted by Gasteiger charge is 2.26. The Bertz CT molecular complexity index is 1180. The van der Waals surface area contributed by atoms with Crippen LogP contribution in [-0.2, 0) is 0 Å².